The minimum atomic E-state index is -3.42. The fourth-order valence-corrected chi connectivity index (χ4v) is 8.21. The number of aryl methyl sites for hydroxylation is 1. The normalized spacial score (nSPS) is 38.2. The van der Waals surface area contributed by atoms with Crippen LogP contribution in [0.3, 0.4) is 0 Å². The van der Waals surface area contributed by atoms with Crippen molar-refractivity contribution in [3.8, 4) is 0 Å². The van der Waals surface area contributed by atoms with Crippen molar-refractivity contribution in [2.75, 3.05) is 26.2 Å². The van der Waals surface area contributed by atoms with Gasteiger partial charge in [-0.15, -0.1) is 0 Å². The van der Waals surface area contributed by atoms with E-state index in [1.165, 1.54) is 38.3 Å². The summed E-state index contributed by atoms with van der Waals surface area (Å²) in [6.07, 6.45) is 8.66. The molecule has 7 heteroatoms. The molecule has 5 fully saturated rings. The number of nitrogens with zero attached hydrogens (tertiary/aromatic N) is 4. The zero-order chi connectivity index (χ0) is 18.1. The van der Waals surface area contributed by atoms with E-state index in [9.17, 15) is 8.42 Å². The number of rotatable bonds is 3. The second kappa shape index (κ2) is 6.04. The van der Waals surface area contributed by atoms with Gasteiger partial charge in [-0.25, -0.2) is 8.42 Å². The Morgan fingerprint density at radius 1 is 0.962 bits per heavy atom. The molecule has 6 nitrogen and oxygen atoms in total. The van der Waals surface area contributed by atoms with E-state index in [1.807, 2.05) is 6.92 Å². The fourth-order valence-electron chi connectivity index (χ4n) is 6.61. The molecule has 4 aliphatic carbocycles. The summed E-state index contributed by atoms with van der Waals surface area (Å²) in [5.41, 5.74) is 0.716. The summed E-state index contributed by atoms with van der Waals surface area (Å²) >= 11 is 0. The third kappa shape index (κ3) is 2.58. The third-order valence-electron chi connectivity index (χ3n) is 7.68. The average molecular weight is 379 g/mol. The van der Waals surface area contributed by atoms with Crippen LogP contribution >= 0.6 is 0 Å². The van der Waals surface area contributed by atoms with Crippen LogP contribution in [-0.4, -0.2) is 59.6 Å². The fraction of sp³-hybridized carbons (Fsp3) is 0.842. The summed E-state index contributed by atoms with van der Waals surface area (Å²) in [7, 11) is -1.63. The van der Waals surface area contributed by atoms with Crippen LogP contribution in [0.1, 0.15) is 37.8 Å². The molecule has 1 saturated heterocycles. The van der Waals surface area contributed by atoms with E-state index in [0.29, 0.717) is 29.7 Å². The summed E-state index contributed by atoms with van der Waals surface area (Å²) in [5.74, 6) is 3.72. The Bertz CT molecular complexity index is 766. The molecular weight excluding hydrogens is 348 g/mol. The molecule has 6 rings (SSSR count). The highest BCUT2D eigenvalue weighted by molar-refractivity contribution is 7.89. The van der Waals surface area contributed by atoms with E-state index in [4.69, 9.17) is 0 Å². The Morgan fingerprint density at radius 2 is 1.54 bits per heavy atom. The molecule has 1 aromatic heterocycles. The van der Waals surface area contributed by atoms with Gasteiger partial charge in [-0.05, 0) is 62.7 Å². The molecule has 1 aliphatic heterocycles. The lowest BCUT2D eigenvalue weighted by atomic mass is 9.54. The summed E-state index contributed by atoms with van der Waals surface area (Å²) in [6, 6.07) is 0.716. The van der Waals surface area contributed by atoms with Crippen molar-refractivity contribution in [1.29, 1.82) is 0 Å². The maximum atomic E-state index is 13.0. The highest BCUT2D eigenvalue weighted by atomic mass is 32.2. The standard InChI is InChI=1S/C19H30N4O2S/c1-13-18(12-20-21(13)2)26(24,25)23-5-3-22(4-6-23)19-16-8-14-7-15(10-16)11-17(19)9-14/h12,14-17,19H,3-11H2,1-2H3. The second-order valence-electron chi connectivity index (χ2n) is 9.08. The molecule has 144 valence electrons. The number of aromatic nitrogens is 2. The monoisotopic (exact) mass is 378 g/mol. The van der Waals surface area contributed by atoms with Crippen LogP contribution in [0, 0.1) is 30.6 Å². The molecule has 0 spiro atoms. The lowest BCUT2D eigenvalue weighted by molar-refractivity contribution is -0.0720. The first kappa shape index (κ1) is 17.2. The van der Waals surface area contributed by atoms with E-state index < -0.39 is 10.0 Å². The van der Waals surface area contributed by atoms with Gasteiger partial charge in [0.15, 0.2) is 0 Å². The van der Waals surface area contributed by atoms with Crippen LogP contribution in [0.4, 0.5) is 0 Å². The molecule has 2 heterocycles. The second-order valence-corrected chi connectivity index (χ2v) is 11.0. The lowest BCUT2D eigenvalue weighted by Crippen LogP contribution is -2.60. The summed E-state index contributed by atoms with van der Waals surface area (Å²) in [5, 5.41) is 4.12. The molecule has 26 heavy (non-hydrogen) atoms. The maximum Gasteiger partial charge on any atom is 0.246 e. The molecule has 1 aromatic rings. The van der Waals surface area contributed by atoms with Gasteiger partial charge in [-0.2, -0.15) is 9.40 Å². The van der Waals surface area contributed by atoms with Crippen LogP contribution in [-0.2, 0) is 17.1 Å². The third-order valence-corrected chi connectivity index (χ3v) is 9.68. The Labute approximate surface area is 156 Å². The summed E-state index contributed by atoms with van der Waals surface area (Å²) in [6.45, 7) is 4.81. The smallest absolute Gasteiger partial charge is 0.246 e. The van der Waals surface area contributed by atoms with Gasteiger partial charge in [0.2, 0.25) is 10.0 Å². The summed E-state index contributed by atoms with van der Waals surface area (Å²) < 4.78 is 29.3. The van der Waals surface area contributed by atoms with Crippen molar-refractivity contribution in [2.45, 2.75) is 50.0 Å². The lowest BCUT2D eigenvalue weighted by Gasteiger charge is -2.58. The van der Waals surface area contributed by atoms with Crippen molar-refractivity contribution in [3.05, 3.63) is 11.9 Å². The molecule has 0 radical (unpaired) electrons. The van der Waals surface area contributed by atoms with E-state index >= 15 is 0 Å². The average Bonchev–Trinajstić information content (AvgIpc) is 2.94. The first-order chi connectivity index (χ1) is 12.4. The topological polar surface area (TPSA) is 58.4 Å². The van der Waals surface area contributed by atoms with Gasteiger partial charge < -0.3 is 0 Å². The zero-order valence-electron chi connectivity index (χ0n) is 15.8. The Balaban J connectivity index is 1.29. The van der Waals surface area contributed by atoms with Crippen LogP contribution < -0.4 is 0 Å². The van der Waals surface area contributed by atoms with Gasteiger partial charge in [0.05, 0.1) is 11.9 Å². The maximum absolute atomic E-state index is 13.0. The van der Waals surface area contributed by atoms with Crippen molar-refractivity contribution in [3.63, 3.8) is 0 Å². The minimum absolute atomic E-state index is 0.364. The van der Waals surface area contributed by atoms with Crippen LogP contribution in [0.5, 0.6) is 0 Å². The van der Waals surface area contributed by atoms with Crippen molar-refractivity contribution in [2.24, 2.45) is 30.7 Å². The SMILES string of the molecule is Cc1c(S(=O)(=O)N2CCN(C3C4CC5CC(C4)CC3C5)CC2)cnn1C. The first-order valence-corrected chi connectivity index (χ1v) is 11.6. The van der Waals surface area contributed by atoms with Crippen molar-refractivity contribution < 1.29 is 8.42 Å². The number of hydrogen-bond acceptors (Lipinski definition) is 4. The highest BCUT2D eigenvalue weighted by Crippen LogP contribution is 2.55. The molecule has 0 atom stereocenters. The molecular formula is C19H30N4O2S. The van der Waals surface area contributed by atoms with Crippen LogP contribution in [0.2, 0.25) is 0 Å². The van der Waals surface area contributed by atoms with Crippen molar-refractivity contribution in [1.82, 2.24) is 19.0 Å². The van der Waals surface area contributed by atoms with Crippen LogP contribution in [0.15, 0.2) is 11.1 Å². The molecule has 0 amide bonds. The van der Waals surface area contributed by atoms with Crippen LogP contribution in [0.25, 0.3) is 0 Å². The molecule has 5 aliphatic rings. The quantitative estimate of drug-likeness (QED) is 0.806. The van der Waals surface area contributed by atoms with Gasteiger partial charge in [-0.1, -0.05) is 0 Å². The zero-order valence-corrected chi connectivity index (χ0v) is 16.7. The van der Waals surface area contributed by atoms with Crippen molar-refractivity contribution >= 4 is 10.0 Å². The van der Waals surface area contributed by atoms with Gasteiger partial charge in [-0.3, -0.25) is 9.58 Å². The van der Waals surface area contributed by atoms with E-state index in [2.05, 4.69) is 10.00 Å². The number of sulfonamides is 1. The van der Waals surface area contributed by atoms with Gasteiger partial charge >= 0.3 is 0 Å². The predicted molar refractivity (Wildman–Crippen MR) is 99.1 cm³/mol. The molecule has 0 unspecified atom stereocenters. The number of hydrogen-bond donors (Lipinski definition) is 0. The highest BCUT2D eigenvalue weighted by Gasteiger charge is 2.50. The van der Waals surface area contributed by atoms with Gasteiger partial charge in [0.25, 0.3) is 0 Å². The molecule has 0 aromatic carbocycles. The van der Waals surface area contributed by atoms with Gasteiger partial charge in [0.1, 0.15) is 4.90 Å². The first-order valence-electron chi connectivity index (χ1n) is 10.2. The molecule has 4 saturated carbocycles. The minimum Gasteiger partial charge on any atom is -0.297 e. The summed E-state index contributed by atoms with van der Waals surface area (Å²) in [4.78, 5) is 3.00. The molecule has 0 N–H and O–H groups in total. The molecule has 4 bridgehead atoms. The van der Waals surface area contributed by atoms with E-state index in [-0.39, 0.29) is 0 Å². The van der Waals surface area contributed by atoms with E-state index in [1.54, 1.807) is 16.0 Å². The van der Waals surface area contributed by atoms with Gasteiger partial charge in [0, 0.05) is 39.3 Å². The Hall–Kier alpha value is -0.920. The largest absolute Gasteiger partial charge is 0.297 e. The van der Waals surface area contributed by atoms with E-state index in [0.717, 1.165) is 36.8 Å². The predicted octanol–water partition coefficient (Wildman–Crippen LogP) is 1.86. The Morgan fingerprint density at radius 3 is 2.04 bits per heavy atom. The Kier molecular flexibility index (Phi) is 4.00. The number of piperazine rings is 1.